The highest BCUT2D eigenvalue weighted by molar-refractivity contribution is 5.94. The fourth-order valence-electron chi connectivity index (χ4n) is 3.28. The van der Waals surface area contributed by atoms with Crippen LogP contribution in [0.25, 0.3) is 10.9 Å². The summed E-state index contributed by atoms with van der Waals surface area (Å²) in [6.07, 6.45) is 5.28. The smallest absolute Gasteiger partial charge is 0.0727 e. The van der Waals surface area contributed by atoms with Crippen molar-refractivity contribution in [3.8, 4) is 0 Å². The van der Waals surface area contributed by atoms with Crippen molar-refractivity contribution < 1.29 is 0 Å². The first-order chi connectivity index (χ1) is 10.2. The summed E-state index contributed by atoms with van der Waals surface area (Å²) >= 11 is 0. The second-order valence-electron chi connectivity index (χ2n) is 6.20. The zero-order chi connectivity index (χ0) is 14.8. The van der Waals surface area contributed by atoms with Crippen molar-refractivity contribution in [2.45, 2.75) is 38.5 Å². The van der Waals surface area contributed by atoms with Gasteiger partial charge >= 0.3 is 0 Å². The van der Waals surface area contributed by atoms with Crippen LogP contribution in [-0.2, 0) is 0 Å². The van der Waals surface area contributed by atoms with Crippen molar-refractivity contribution >= 4 is 22.3 Å². The Morgan fingerprint density at radius 3 is 2.62 bits per heavy atom. The molecule has 3 rings (SSSR count). The Morgan fingerprint density at radius 1 is 1.19 bits per heavy atom. The number of pyridine rings is 1. The van der Waals surface area contributed by atoms with Crippen LogP contribution in [0.2, 0.25) is 0 Å². The molecule has 112 valence electrons. The highest BCUT2D eigenvalue weighted by Gasteiger charge is 2.20. The number of hydrogen-bond donors (Lipinski definition) is 1. The summed E-state index contributed by atoms with van der Waals surface area (Å²) < 4.78 is 0. The van der Waals surface area contributed by atoms with Gasteiger partial charge in [-0.2, -0.15) is 0 Å². The van der Waals surface area contributed by atoms with Crippen molar-refractivity contribution in [3.63, 3.8) is 0 Å². The third kappa shape index (κ3) is 2.82. The molecule has 0 atom stereocenters. The minimum absolute atomic E-state index is 0.653. The zero-order valence-electron chi connectivity index (χ0n) is 13.3. The molecule has 0 radical (unpaired) electrons. The van der Waals surface area contributed by atoms with E-state index in [-0.39, 0.29) is 0 Å². The molecule has 3 nitrogen and oxygen atoms in total. The molecule has 1 aromatic carbocycles. The standard InChI is InChI=1S/C18H25N3/c1-4-19-18-12-17(13-7-5-6-8-13)20-16-10-9-14(21(2)3)11-15(16)18/h9-13H,4-8H2,1-3H3,(H,19,20). The monoisotopic (exact) mass is 283 g/mol. The van der Waals surface area contributed by atoms with Crippen molar-refractivity contribution in [2.24, 2.45) is 0 Å². The van der Waals surface area contributed by atoms with Gasteiger partial charge in [0.25, 0.3) is 0 Å². The normalized spacial score (nSPS) is 15.6. The summed E-state index contributed by atoms with van der Waals surface area (Å²) in [6, 6.07) is 8.83. The van der Waals surface area contributed by atoms with Crippen LogP contribution in [0.1, 0.15) is 44.2 Å². The molecule has 1 N–H and O–H groups in total. The van der Waals surface area contributed by atoms with Gasteiger partial charge in [0, 0.05) is 49.0 Å². The molecule has 3 heteroatoms. The maximum absolute atomic E-state index is 4.94. The van der Waals surface area contributed by atoms with E-state index in [1.165, 1.54) is 48.1 Å². The lowest BCUT2D eigenvalue weighted by atomic mass is 10.0. The second kappa shape index (κ2) is 5.92. The summed E-state index contributed by atoms with van der Waals surface area (Å²) in [6.45, 7) is 3.09. The highest BCUT2D eigenvalue weighted by Crippen LogP contribution is 2.36. The van der Waals surface area contributed by atoms with E-state index >= 15 is 0 Å². The lowest BCUT2D eigenvalue weighted by Gasteiger charge is -2.17. The van der Waals surface area contributed by atoms with Gasteiger partial charge in [0.15, 0.2) is 0 Å². The highest BCUT2D eigenvalue weighted by atomic mass is 15.1. The first-order valence-corrected chi connectivity index (χ1v) is 8.05. The Hall–Kier alpha value is -1.77. The molecule has 1 aliphatic carbocycles. The fourth-order valence-corrected chi connectivity index (χ4v) is 3.28. The summed E-state index contributed by atoms with van der Waals surface area (Å²) in [5, 5.41) is 4.75. The Balaban J connectivity index is 2.10. The minimum atomic E-state index is 0.653. The number of nitrogens with one attached hydrogen (secondary N) is 1. The molecule has 0 amide bonds. The molecule has 2 aromatic rings. The third-order valence-corrected chi connectivity index (χ3v) is 4.47. The van der Waals surface area contributed by atoms with Gasteiger partial charge in [0.05, 0.1) is 5.52 Å². The number of anilines is 2. The Morgan fingerprint density at radius 2 is 1.95 bits per heavy atom. The summed E-state index contributed by atoms with van der Waals surface area (Å²) in [7, 11) is 4.16. The minimum Gasteiger partial charge on any atom is -0.385 e. The largest absolute Gasteiger partial charge is 0.385 e. The van der Waals surface area contributed by atoms with Gasteiger partial charge in [0.1, 0.15) is 0 Å². The van der Waals surface area contributed by atoms with Gasteiger partial charge in [-0.25, -0.2) is 0 Å². The summed E-state index contributed by atoms with van der Waals surface area (Å²) in [5.74, 6) is 0.653. The van der Waals surface area contributed by atoms with Gasteiger partial charge in [0.2, 0.25) is 0 Å². The first kappa shape index (κ1) is 14.2. The van der Waals surface area contributed by atoms with Crippen LogP contribution >= 0.6 is 0 Å². The SMILES string of the molecule is CCNc1cc(C2CCCC2)nc2ccc(N(C)C)cc12. The number of fused-ring (bicyclic) bond motifs is 1. The lowest BCUT2D eigenvalue weighted by Crippen LogP contribution is -2.09. The summed E-state index contributed by atoms with van der Waals surface area (Å²) in [4.78, 5) is 7.08. The van der Waals surface area contributed by atoms with Crippen LogP contribution in [0.5, 0.6) is 0 Å². The van der Waals surface area contributed by atoms with Crippen LogP contribution in [0, 0.1) is 0 Å². The Bertz CT molecular complexity index is 628. The molecular formula is C18H25N3. The van der Waals surface area contributed by atoms with E-state index in [2.05, 4.69) is 55.5 Å². The average molecular weight is 283 g/mol. The molecule has 0 aliphatic heterocycles. The Labute approximate surface area is 127 Å². The van der Waals surface area contributed by atoms with Gasteiger partial charge in [-0.05, 0) is 44.0 Å². The van der Waals surface area contributed by atoms with E-state index in [0.29, 0.717) is 5.92 Å². The van der Waals surface area contributed by atoms with Crippen LogP contribution in [0.15, 0.2) is 24.3 Å². The number of nitrogens with zero attached hydrogens (tertiary/aromatic N) is 2. The topological polar surface area (TPSA) is 28.2 Å². The predicted octanol–water partition coefficient (Wildman–Crippen LogP) is 4.39. The Kier molecular flexibility index (Phi) is 4.00. The first-order valence-electron chi connectivity index (χ1n) is 8.05. The van der Waals surface area contributed by atoms with E-state index in [1.807, 2.05) is 0 Å². The molecule has 0 saturated heterocycles. The van der Waals surface area contributed by atoms with E-state index < -0.39 is 0 Å². The van der Waals surface area contributed by atoms with Crippen LogP contribution in [0.4, 0.5) is 11.4 Å². The zero-order valence-corrected chi connectivity index (χ0v) is 13.3. The van der Waals surface area contributed by atoms with Gasteiger partial charge in [-0.1, -0.05) is 12.8 Å². The lowest BCUT2D eigenvalue weighted by molar-refractivity contribution is 0.701. The maximum Gasteiger partial charge on any atom is 0.0727 e. The molecule has 21 heavy (non-hydrogen) atoms. The fraction of sp³-hybridized carbons (Fsp3) is 0.500. The molecule has 1 heterocycles. The third-order valence-electron chi connectivity index (χ3n) is 4.47. The predicted molar refractivity (Wildman–Crippen MR) is 91.4 cm³/mol. The van der Waals surface area contributed by atoms with Crippen molar-refractivity contribution in [1.29, 1.82) is 0 Å². The molecular weight excluding hydrogens is 258 g/mol. The average Bonchev–Trinajstić information content (AvgIpc) is 3.01. The molecule has 0 spiro atoms. The quantitative estimate of drug-likeness (QED) is 0.902. The molecule has 1 aliphatic rings. The molecule has 0 bridgehead atoms. The van der Waals surface area contributed by atoms with E-state index in [0.717, 1.165) is 12.1 Å². The van der Waals surface area contributed by atoms with Crippen molar-refractivity contribution in [1.82, 2.24) is 4.98 Å². The number of rotatable bonds is 4. The molecule has 1 saturated carbocycles. The van der Waals surface area contributed by atoms with Crippen LogP contribution < -0.4 is 10.2 Å². The van der Waals surface area contributed by atoms with E-state index in [9.17, 15) is 0 Å². The van der Waals surface area contributed by atoms with E-state index in [4.69, 9.17) is 4.98 Å². The molecule has 1 fully saturated rings. The number of aromatic nitrogens is 1. The van der Waals surface area contributed by atoms with Gasteiger partial charge in [-0.15, -0.1) is 0 Å². The van der Waals surface area contributed by atoms with Crippen LogP contribution in [-0.4, -0.2) is 25.6 Å². The van der Waals surface area contributed by atoms with Gasteiger partial charge in [-0.3, -0.25) is 4.98 Å². The van der Waals surface area contributed by atoms with Crippen LogP contribution in [0.3, 0.4) is 0 Å². The molecule has 0 unspecified atom stereocenters. The van der Waals surface area contributed by atoms with Gasteiger partial charge < -0.3 is 10.2 Å². The van der Waals surface area contributed by atoms with Crippen molar-refractivity contribution in [2.75, 3.05) is 30.9 Å². The molecule has 1 aromatic heterocycles. The van der Waals surface area contributed by atoms with Crippen molar-refractivity contribution in [3.05, 3.63) is 30.0 Å². The van der Waals surface area contributed by atoms with E-state index in [1.54, 1.807) is 0 Å². The number of hydrogen-bond acceptors (Lipinski definition) is 3. The second-order valence-corrected chi connectivity index (χ2v) is 6.20. The number of benzene rings is 1. The maximum atomic E-state index is 4.94. The summed E-state index contributed by atoms with van der Waals surface area (Å²) in [5.41, 5.74) is 4.83.